The Labute approximate surface area is 107 Å². The van der Waals surface area contributed by atoms with Gasteiger partial charge in [0.25, 0.3) is 0 Å². The predicted octanol–water partition coefficient (Wildman–Crippen LogP) is 1.84. The number of rotatable bonds is 6. The number of hydrogen-bond acceptors (Lipinski definition) is 3. The molecule has 4 nitrogen and oxygen atoms in total. The average Bonchev–Trinajstić information content (AvgIpc) is 2.34. The summed E-state index contributed by atoms with van der Waals surface area (Å²) in [5.41, 5.74) is 0. The maximum absolute atomic E-state index is 11.9. The molecule has 0 aromatic carbocycles. The van der Waals surface area contributed by atoms with Crippen LogP contribution in [0.2, 0.25) is 0 Å². The molecule has 0 spiro atoms. The van der Waals surface area contributed by atoms with E-state index < -0.39 is 5.97 Å². The van der Waals surface area contributed by atoms with Crippen LogP contribution in [-0.4, -0.2) is 47.0 Å². The highest BCUT2D eigenvalue weighted by atomic mass is 32.2. The van der Waals surface area contributed by atoms with Crippen molar-refractivity contribution in [3.63, 3.8) is 0 Å². The Kier molecular flexibility index (Phi) is 6.40. The number of likely N-dealkylation sites (tertiary alicyclic amines) is 1. The minimum Gasteiger partial charge on any atom is -0.481 e. The molecule has 0 radical (unpaired) electrons. The van der Waals surface area contributed by atoms with Gasteiger partial charge >= 0.3 is 5.97 Å². The number of thioether (sulfide) groups is 1. The number of aliphatic carboxylic acids is 1. The Balaban J connectivity index is 2.28. The Morgan fingerprint density at radius 1 is 1.41 bits per heavy atom. The first-order chi connectivity index (χ1) is 8.15. The number of carboxylic acid groups (broad SMARTS) is 1. The third kappa shape index (κ3) is 4.98. The van der Waals surface area contributed by atoms with Crippen molar-refractivity contribution < 1.29 is 14.7 Å². The van der Waals surface area contributed by atoms with E-state index >= 15 is 0 Å². The van der Waals surface area contributed by atoms with Crippen molar-refractivity contribution in [2.24, 2.45) is 5.92 Å². The van der Waals surface area contributed by atoms with E-state index in [0.29, 0.717) is 19.4 Å². The molecule has 0 aliphatic carbocycles. The van der Waals surface area contributed by atoms with Crippen molar-refractivity contribution in [1.29, 1.82) is 0 Å². The smallest absolute Gasteiger partial charge is 0.308 e. The third-order valence-electron chi connectivity index (χ3n) is 3.11. The molecule has 1 aliphatic rings. The summed E-state index contributed by atoms with van der Waals surface area (Å²) in [5.74, 6) is 0.0752. The zero-order chi connectivity index (χ0) is 12.7. The van der Waals surface area contributed by atoms with Gasteiger partial charge in [-0.3, -0.25) is 9.59 Å². The number of carbonyl (C=O) groups is 2. The summed E-state index contributed by atoms with van der Waals surface area (Å²) >= 11 is 1.79. The normalized spacial score (nSPS) is 20.3. The van der Waals surface area contributed by atoms with E-state index in [1.165, 1.54) is 0 Å². The lowest BCUT2D eigenvalue weighted by Crippen LogP contribution is -2.42. The molecule has 0 bridgehead atoms. The zero-order valence-corrected chi connectivity index (χ0v) is 11.2. The van der Waals surface area contributed by atoms with Crippen LogP contribution in [-0.2, 0) is 9.59 Å². The van der Waals surface area contributed by atoms with E-state index in [1.54, 1.807) is 16.7 Å². The highest BCUT2D eigenvalue weighted by molar-refractivity contribution is 7.98. The molecule has 1 fully saturated rings. The summed E-state index contributed by atoms with van der Waals surface area (Å²) in [6, 6.07) is 0. The van der Waals surface area contributed by atoms with Gasteiger partial charge in [-0.25, -0.2) is 0 Å². The third-order valence-corrected chi connectivity index (χ3v) is 3.81. The Morgan fingerprint density at radius 2 is 2.18 bits per heavy atom. The van der Waals surface area contributed by atoms with E-state index in [9.17, 15) is 9.59 Å². The monoisotopic (exact) mass is 259 g/mol. The number of unbranched alkanes of at least 4 members (excludes halogenated alkanes) is 1. The predicted molar refractivity (Wildman–Crippen MR) is 69.2 cm³/mol. The van der Waals surface area contributed by atoms with Crippen molar-refractivity contribution >= 4 is 23.6 Å². The molecule has 5 heteroatoms. The fourth-order valence-electron chi connectivity index (χ4n) is 2.09. The summed E-state index contributed by atoms with van der Waals surface area (Å²) < 4.78 is 0. The SMILES string of the molecule is CSCCCCC(=O)N1CCCC(C(=O)O)C1. The van der Waals surface area contributed by atoms with Crippen LogP contribution in [0, 0.1) is 5.92 Å². The van der Waals surface area contributed by atoms with Crippen molar-refractivity contribution in [3.05, 3.63) is 0 Å². The lowest BCUT2D eigenvalue weighted by atomic mass is 9.98. The molecule has 0 saturated carbocycles. The number of nitrogens with zero attached hydrogens (tertiary/aromatic N) is 1. The molecule has 0 aromatic rings. The second-order valence-electron chi connectivity index (χ2n) is 4.47. The van der Waals surface area contributed by atoms with Gasteiger partial charge in [0.15, 0.2) is 0 Å². The number of hydrogen-bond donors (Lipinski definition) is 1. The maximum Gasteiger partial charge on any atom is 0.308 e. The van der Waals surface area contributed by atoms with Crippen LogP contribution in [0.1, 0.15) is 32.1 Å². The van der Waals surface area contributed by atoms with Crippen molar-refractivity contribution in [1.82, 2.24) is 4.90 Å². The van der Waals surface area contributed by atoms with Crippen LogP contribution < -0.4 is 0 Å². The summed E-state index contributed by atoms with van der Waals surface area (Å²) in [7, 11) is 0. The van der Waals surface area contributed by atoms with E-state index in [1.807, 2.05) is 0 Å². The maximum atomic E-state index is 11.9. The second-order valence-corrected chi connectivity index (χ2v) is 5.45. The lowest BCUT2D eigenvalue weighted by molar-refractivity contribution is -0.145. The molecule has 1 unspecified atom stereocenters. The van der Waals surface area contributed by atoms with Gasteiger partial charge in [0, 0.05) is 19.5 Å². The lowest BCUT2D eigenvalue weighted by Gasteiger charge is -2.30. The molecular formula is C12H21NO3S. The molecule has 1 N–H and O–H groups in total. The van der Waals surface area contributed by atoms with Crippen molar-refractivity contribution in [2.75, 3.05) is 25.1 Å². The molecule has 1 heterocycles. The van der Waals surface area contributed by atoms with Gasteiger partial charge in [0.1, 0.15) is 0 Å². The van der Waals surface area contributed by atoms with E-state index in [-0.39, 0.29) is 11.8 Å². The topological polar surface area (TPSA) is 57.6 Å². The minimum absolute atomic E-state index is 0.122. The number of amides is 1. The molecule has 1 amide bonds. The highest BCUT2D eigenvalue weighted by Crippen LogP contribution is 2.18. The van der Waals surface area contributed by atoms with Gasteiger partial charge < -0.3 is 10.0 Å². The molecule has 0 aromatic heterocycles. The first-order valence-electron chi connectivity index (χ1n) is 6.14. The van der Waals surface area contributed by atoms with Gasteiger partial charge in [-0.05, 0) is 37.7 Å². The zero-order valence-electron chi connectivity index (χ0n) is 10.4. The largest absolute Gasteiger partial charge is 0.481 e. The van der Waals surface area contributed by atoms with Crippen molar-refractivity contribution in [3.8, 4) is 0 Å². The molecule has 17 heavy (non-hydrogen) atoms. The van der Waals surface area contributed by atoms with Crippen LogP contribution in [0.3, 0.4) is 0 Å². The second kappa shape index (κ2) is 7.58. The van der Waals surface area contributed by atoms with Crippen molar-refractivity contribution in [2.45, 2.75) is 32.1 Å². The Bertz CT molecular complexity index is 270. The Hall–Kier alpha value is -0.710. The van der Waals surface area contributed by atoms with Gasteiger partial charge in [-0.1, -0.05) is 0 Å². The summed E-state index contributed by atoms with van der Waals surface area (Å²) in [5, 5.41) is 8.94. The minimum atomic E-state index is -0.773. The standard InChI is InChI=1S/C12H21NO3S/c1-17-8-3-2-6-11(14)13-7-4-5-10(9-13)12(15)16/h10H,2-9H2,1H3,(H,15,16). The molecule has 98 valence electrons. The molecule has 1 rings (SSSR count). The van der Waals surface area contributed by atoms with Crippen LogP contribution in [0.4, 0.5) is 0 Å². The molecule has 1 aliphatic heterocycles. The van der Waals surface area contributed by atoms with Crippen LogP contribution in [0.15, 0.2) is 0 Å². The number of carbonyl (C=O) groups excluding carboxylic acids is 1. The van der Waals surface area contributed by atoms with E-state index in [2.05, 4.69) is 6.26 Å². The fraction of sp³-hybridized carbons (Fsp3) is 0.833. The van der Waals surface area contributed by atoms with Crippen LogP contribution in [0.25, 0.3) is 0 Å². The first-order valence-corrected chi connectivity index (χ1v) is 7.54. The molecule has 1 saturated heterocycles. The summed E-state index contributed by atoms with van der Waals surface area (Å²) in [6.45, 7) is 1.13. The van der Waals surface area contributed by atoms with E-state index in [0.717, 1.165) is 31.6 Å². The van der Waals surface area contributed by atoms with Crippen LogP contribution >= 0.6 is 11.8 Å². The first kappa shape index (κ1) is 14.4. The van der Waals surface area contributed by atoms with Crippen LogP contribution in [0.5, 0.6) is 0 Å². The van der Waals surface area contributed by atoms with Gasteiger partial charge in [0.05, 0.1) is 5.92 Å². The average molecular weight is 259 g/mol. The number of piperidine rings is 1. The van der Waals surface area contributed by atoms with Gasteiger partial charge in [-0.2, -0.15) is 11.8 Å². The summed E-state index contributed by atoms with van der Waals surface area (Å²) in [6.07, 6.45) is 6.10. The van der Waals surface area contributed by atoms with Gasteiger partial charge in [0.2, 0.25) is 5.91 Å². The fourth-order valence-corrected chi connectivity index (χ4v) is 2.58. The quantitative estimate of drug-likeness (QED) is 0.740. The molecule has 1 atom stereocenters. The van der Waals surface area contributed by atoms with E-state index in [4.69, 9.17) is 5.11 Å². The molecular weight excluding hydrogens is 238 g/mol. The summed E-state index contributed by atoms with van der Waals surface area (Å²) in [4.78, 5) is 24.5. The Morgan fingerprint density at radius 3 is 2.82 bits per heavy atom. The number of carboxylic acids is 1. The highest BCUT2D eigenvalue weighted by Gasteiger charge is 2.27. The van der Waals surface area contributed by atoms with Gasteiger partial charge in [-0.15, -0.1) is 0 Å².